The molecule has 0 aliphatic carbocycles. The van der Waals surface area contributed by atoms with E-state index in [2.05, 4.69) is 0 Å². The van der Waals surface area contributed by atoms with Crippen molar-refractivity contribution in [1.29, 1.82) is 0 Å². The Labute approximate surface area is 180 Å². The van der Waals surface area contributed by atoms with Crippen molar-refractivity contribution in [2.75, 3.05) is 13.2 Å². The maximum absolute atomic E-state index is 13.7. The molecule has 6 nitrogen and oxygen atoms in total. The van der Waals surface area contributed by atoms with Gasteiger partial charge in [0.15, 0.2) is 0 Å². The van der Waals surface area contributed by atoms with E-state index in [0.717, 1.165) is 15.4 Å². The molecule has 164 valence electrons. The van der Waals surface area contributed by atoms with E-state index in [1.165, 1.54) is 0 Å². The molecule has 0 saturated heterocycles. The molecule has 0 spiro atoms. The Bertz CT molecular complexity index is 978. The molecule has 2 aromatic rings. The lowest BCUT2D eigenvalue weighted by atomic mass is 10.2. The van der Waals surface area contributed by atoms with Crippen LogP contribution in [0.5, 0.6) is 0 Å². The minimum absolute atomic E-state index is 0.00697. The second kappa shape index (κ2) is 10.9. The lowest BCUT2D eigenvalue weighted by Gasteiger charge is -2.31. The van der Waals surface area contributed by atoms with Gasteiger partial charge in [-0.25, -0.2) is 8.42 Å². The van der Waals surface area contributed by atoms with E-state index in [-0.39, 0.29) is 30.1 Å². The van der Waals surface area contributed by atoms with Crippen LogP contribution < -0.4 is 0 Å². The highest BCUT2D eigenvalue weighted by molar-refractivity contribution is 7.89. The minimum Gasteiger partial charge on any atom is -0.304 e. The Balaban J connectivity index is 2.67. The summed E-state index contributed by atoms with van der Waals surface area (Å²) in [4.78, 5) is 0.116. The highest BCUT2D eigenvalue weighted by Crippen LogP contribution is 2.58. The van der Waals surface area contributed by atoms with E-state index in [9.17, 15) is 13.0 Å². The first-order chi connectivity index (χ1) is 14.3. The second-order valence-electron chi connectivity index (χ2n) is 6.61. The third-order valence-corrected chi connectivity index (χ3v) is 8.39. The van der Waals surface area contributed by atoms with Gasteiger partial charge < -0.3 is 9.05 Å². The molecule has 0 aromatic heterocycles. The zero-order valence-electron chi connectivity index (χ0n) is 17.9. The van der Waals surface area contributed by atoms with Crippen molar-refractivity contribution in [3.8, 4) is 0 Å². The van der Waals surface area contributed by atoms with Gasteiger partial charge in [0.25, 0.3) is 10.0 Å². The number of allylic oxidation sites excluding steroid dienone is 1. The first-order valence-corrected chi connectivity index (χ1v) is 13.0. The molecule has 2 rings (SSSR count). The van der Waals surface area contributed by atoms with Crippen molar-refractivity contribution >= 4 is 17.6 Å². The van der Waals surface area contributed by atoms with E-state index in [4.69, 9.17) is 9.05 Å². The fraction of sp³-hybridized carbons (Fsp3) is 0.364. The van der Waals surface area contributed by atoms with Crippen LogP contribution in [0.2, 0.25) is 0 Å². The van der Waals surface area contributed by atoms with Gasteiger partial charge in [0, 0.05) is 0 Å². The fourth-order valence-corrected chi connectivity index (χ4v) is 6.68. The zero-order chi connectivity index (χ0) is 22.2. The minimum atomic E-state index is -4.02. The highest BCUT2D eigenvalue weighted by Gasteiger charge is 2.39. The van der Waals surface area contributed by atoms with Crippen LogP contribution in [0.3, 0.4) is 0 Å². The third-order valence-electron chi connectivity index (χ3n) is 4.30. The van der Waals surface area contributed by atoms with Crippen LogP contribution in [0.4, 0.5) is 0 Å². The first-order valence-electron chi connectivity index (χ1n) is 10.0. The topological polar surface area (TPSA) is 72.9 Å². The van der Waals surface area contributed by atoms with Crippen LogP contribution in [0.15, 0.2) is 71.0 Å². The van der Waals surface area contributed by atoms with Crippen LogP contribution in [-0.4, -0.2) is 25.9 Å². The smallest absolute Gasteiger partial charge is 0.304 e. The molecule has 2 aromatic carbocycles. The molecule has 0 aliphatic rings. The molecule has 0 bridgehead atoms. The van der Waals surface area contributed by atoms with Gasteiger partial charge in [0.1, 0.15) is 5.44 Å². The van der Waals surface area contributed by atoms with E-state index in [1.807, 2.05) is 44.2 Å². The Hall–Kier alpha value is -1.92. The number of hydrogen-bond donors (Lipinski definition) is 0. The standard InChI is InChI=1S/C22H30NO5PS/c1-5-11-22(29(24,27-6-2)28-7-3)23(18-20-12-9-8-10-13-20)30(25,26)21-16-14-19(4)15-17-21/h8-17H,5-7,18H2,1-4H3/b22-11-. The van der Waals surface area contributed by atoms with Crippen LogP contribution in [0.1, 0.15) is 38.3 Å². The fourth-order valence-electron chi connectivity index (χ4n) is 2.92. The Morgan fingerprint density at radius 1 is 0.967 bits per heavy atom. The van der Waals surface area contributed by atoms with E-state index < -0.39 is 17.6 Å². The number of hydrogen-bond acceptors (Lipinski definition) is 5. The summed E-state index contributed by atoms with van der Waals surface area (Å²) < 4.78 is 53.2. The van der Waals surface area contributed by atoms with Crippen molar-refractivity contribution in [2.24, 2.45) is 0 Å². The number of rotatable bonds is 11. The molecule has 0 unspecified atom stereocenters. The SMILES string of the molecule is CC/C=C(/N(Cc1ccccc1)S(=O)(=O)c1ccc(C)cc1)P(=O)(OCC)OCC. The highest BCUT2D eigenvalue weighted by atomic mass is 32.2. The van der Waals surface area contributed by atoms with E-state index in [0.29, 0.717) is 6.42 Å². The molecule has 0 fully saturated rings. The largest absolute Gasteiger partial charge is 0.377 e. The van der Waals surface area contributed by atoms with Crippen LogP contribution >= 0.6 is 7.60 Å². The molecule has 30 heavy (non-hydrogen) atoms. The predicted octanol–water partition coefficient (Wildman–Crippen LogP) is 5.70. The van der Waals surface area contributed by atoms with E-state index in [1.54, 1.807) is 44.2 Å². The van der Waals surface area contributed by atoms with Crippen molar-refractivity contribution in [3.63, 3.8) is 0 Å². The molecule has 0 N–H and O–H groups in total. The summed E-state index contributed by atoms with van der Waals surface area (Å²) >= 11 is 0. The molecule has 0 heterocycles. The number of sulfonamides is 1. The monoisotopic (exact) mass is 451 g/mol. The lowest BCUT2D eigenvalue weighted by Crippen LogP contribution is -2.31. The predicted molar refractivity (Wildman–Crippen MR) is 120 cm³/mol. The summed E-state index contributed by atoms with van der Waals surface area (Å²) in [5.41, 5.74) is 1.75. The summed E-state index contributed by atoms with van der Waals surface area (Å²) in [6, 6.07) is 15.8. The van der Waals surface area contributed by atoms with Crippen LogP contribution in [0, 0.1) is 6.92 Å². The normalized spacial score (nSPS) is 12.7. The van der Waals surface area contributed by atoms with Crippen LogP contribution in [0.25, 0.3) is 0 Å². The average Bonchev–Trinajstić information content (AvgIpc) is 2.72. The van der Waals surface area contributed by atoms with Gasteiger partial charge in [-0.2, -0.15) is 0 Å². The van der Waals surface area contributed by atoms with Gasteiger partial charge in [0.05, 0.1) is 24.7 Å². The Kier molecular flexibility index (Phi) is 8.86. The van der Waals surface area contributed by atoms with Gasteiger partial charge >= 0.3 is 7.60 Å². The van der Waals surface area contributed by atoms with Gasteiger partial charge in [-0.1, -0.05) is 61.0 Å². The maximum Gasteiger partial charge on any atom is 0.377 e. The van der Waals surface area contributed by atoms with Crippen molar-refractivity contribution in [1.82, 2.24) is 4.31 Å². The van der Waals surface area contributed by atoms with Gasteiger partial charge in [-0.05, 0) is 44.9 Å². The van der Waals surface area contributed by atoms with Crippen molar-refractivity contribution in [3.05, 3.63) is 77.2 Å². The molecule has 8 heteroatoms. The van der Waals surface area contributed by atoms with Crippen molar-refractivity contribution in [2.45, 2.75) is 45.6 Å². The van der Waals surface area contributed by atoms with E-state index >= 15 is 0 Å². The zero-order valence-corrected chi connectivity index (χ0v) is 19.7. The summed E-state index contributed by atoms with van der Waals surface area (Å²) in [5, 5.41) is 0. The molecule has 0 atom stereocenters. The maximum atomic E-state index is 13.7. The number of benzene rings is 2. The molecular formula is C22H30NO5PS. The van der Waals surface area contributed by atoms with Crippen LogP contribution in [-0.2, 0) is 30.2 Å². The molecule has 0 aliphatic heterocycles. The molecule has 0 radical (unpaired) electrons. The van der Waals surface area contributed by atoms with Gasteiger partial charge in [-0.15, -0.1) is 0 Å². The average molecular weight is 452 g/mol. The number of aryl methyl sites for hydroxylation is 1. The lowest BCUT2D eigenvalue weighted by molar-refractivity contribution is 0.220. The van der Waals surface area contributed by atoms with Crippen molar-refractivity contribution < 1.29 is 22.0 Å². The summed E-state index contributed by atoms with van der Waals surface area (Å²) in [6.45, 7) is 7.40. The third kappa shape index (κ3) is 5.82. The molecule has 0 amide bonds. The molecular weight excluding hydrogens is 421 g/mol. The summed E-state index contributed by atoms with van der Waals surface area (Å²) in [6.07, 6.45) is 2.08. The Morgan fingerprint density at radius 3 is 2.03 bits per heavy atom. The quantitative estimate of drug-likeness (QED) is 0.410. The first kappa shape index (κ1) is 24.4. The number of nitrogens with zero attached hydrogens (tertiary/aromatic N) is 1. The Morgan fingerprint density at radius 2 is 1.53 bits per heavy atom. The second-order valence-corrected chi connectivity index (χ2v) is 10.4. The summed E-state index contributed by atoms with van der Waals surface area (Å²) in [7, 11) is -7.88. The molecule has 0 saturated carbocycles. The van der Waals surface area contributed by atoms with Gasteiger partial charge in [-0.3, -0.25) is 8.87 Å². The van der Waals surface area contributed by atoms with Gasteiger partial charge in [0.2, 0.25) is 0 Å². The summed E-state index contributed by atoms with van der Waals surface area (Å²) in [5.74, 6) is 0.